The Labute approximate surface area is 134 Å². The zero-order chi connectivity index (χ0) is 15.8. The van der Waals surface area contributed by atoms with Crippen molar-refractivity contribution in [2.24, 2.45) is 0 Å². The molecule has 0 bridgehead atoms. The third-order valence-electron chi connectivity index (χ3n) is 3.50. The first kappa shape index (κ1) is 13.7. The number of aromatic amines is 1. The Morgan fingerprint density at radius 1 is 0.913 bits per heavy atom. The van der Waals surface area contributed by atoms with Crippen LogP contribution in [0.25, 0.3) is 27.4 Å². The van der Waals surface area contributed by atoms with Crippen molar-refractivity contribution in [3.05, 3.63) is 80.7 Å². The highest BCUT2D eigenvalue weighted by atomic mass is 32.1. The lowest BCUT2D eigenvalue weighted by atomic mass is 10.2. The summed E-state index contributed by atoms with van der Waals surface area (Å²) in [6.07, 6.45) is 0. The van der Waals surface area contributed by atoms with Crippen molar-refractivity contribution in [2.45, 2.75) is 0 Å². The predicted octanol–water partition coefficient (Wildman–Crippen LogP) is 2.80. The number of benzene rings is 2. The standard InChI is InChI=1S/C17H11N3O2S/c21-16-13-15(18-14(19-16)11-7-3-1-4-8-11)20(17(22)23-13)12-9-5-2-6-10-12/h1-10H,(H,18,19,21). The fourth-order valence-electron chi connectivity index (χ4n) is 2.45. The van der Waals surface area contributed by atoms with E-state index < -0.39 is 0 Å². The van der Waals surface area contributed by atoms with Crippen molar-refractivity contribution in [2.75, 3.05) is 0 Å². The van der Waals surface area contributed by atoms with Gasteiger partial charge in [0.25, 0.3) is 5.56 Å². The van der Waals surface area contributed by atoms with Gasteiger partial charge in [0, 0.05) is 5.56 Å². The highest BCUT2D eigenvalue weighted by molar-refractivity contribution is 7.16. The number of hydrogen-bond donors (Lipinski definition) is 1. The lowest BCUT2D eigenvalue weighted by molar-refractivity contribution is 1.04. The van der Waals surface area contributed by atoms with Crippen molar-refractivity contribution in [3.63, 3.8) is 0 Å². The van der Waals surface area contributed by atoms with E-state index >= 15 is 0 Å². The van der Waals surface area contributed by atoms with Crippen LogP contribution in [-0.4, -0.2) is 14.5 Å². The van der Waals surface area contributed by atoms with Crippen LogP contribution in [0, 0.1) is 0 Å². The van der Waals surface area contributed by atoms with E-state index in [4.69, 9.17) is 0 Å². The number of thiazole rings is 1. The second kappa shape index (κ2) is 5.33. The van der Waals surface area contributed by atoms with Crippen molar-refractivity contribution >= 4 is 21.7 Å². The van der Waals surface area contributed by atoms with E-state index in [1.165, 1.54) is 4.57 Å². The topological polar surface area (TPSA) is 67.8 Å². The summed E-state index contributed by atoms with van der Waals surface area (Å²) in [6.45, 7) is 0. The van der Waals surface area contributed by atoms with Gasteiger partial charge in [0.2, 0.25) is 0 Å². The van der Waals surface area contributed by atoms with E-state index in [9.17, 15) is 9.59 Å². The molecule has 0 radical (unpaired) electrons. The molecule has 2 heterocycles. The Balaban J connectivity index is 2.06. The largest absolute Gasteiger partial charge is 0.314 e. The molecule has 2 aromatic heterocycles. The van der Waals surface area contributed by atoms with Crippen molar-refractivity contribution in [1.82, 2.24) is 14.5 Å². The average molecular weight is 321 g/mol. The number of rotatable bonds is 2. The van der Waals surface area contributed by atoms with E-state index in [1.807, 2.05) is 60.7 Å². The summed E-state index contributed by atoms with van der Waals surface area (Å²) in [7, 11) is 0. The minimum Gasteiger partial charge on any atom is -0.305 e. The lowest BCUT2D eigenvalue weighted by Gasteiger charge is -2.04. The smallest absolute Gasteiger partial charge is 0.305 e. The molecule has 0 saturated heterocycles. The molecular formula is C17H11N3O2S. The van der Waals surface area contributed by atoms with E-state index in [0.717, 1.165) is 16.9 Å². The van der Waals surface area contributed by atoms with Crippen LogP contribution in [0.1, 0.15) is 0 Å². The predicted molar refractivity (Wildman–Crippen MR) is 91.3 cm³/mol. The van der Waals surface area contributed by atoms with Crippen LogP contribution in [-0.2, 0) is 0 Å². The molecule has 0 fully saturated rings. The zero-order valence-electron chi connectivity index (χ0n) is 11.9. The molecule has 0 aliphatic rings. The van der Waals surface area contributed by atoms with Crippen LogP contribution in [0.5, 0.6) is 0 Å². The van der Waals surface area contributed by atoms with Gasteiger partial charge >= 0.3 is 4.87 Å². The summed E-state index contributed by atoms with van der Waals surface area (Å²) in [5.41, 5.74) is 1.57. The summed E-state index contributed by atoms with van der Waals surface area (Å²) in [4.78, 5) is 31.7. The van der Waals surface area contributed by atoms with Gasteiger partial charge in [0.05, 0.1) is 5.69 Å². The summed E-state index contributed by atoms with van der Waals surface area (Å²) in [6, 6.07) is 18.6. The average Bonchev–Trinajstić information content (AvgIpc) is 2.93. The minimum absolute atomic E-state index is 0.227. The normalized spacial score (nSPS) is 11.0. The number of hydrogen-bond acceptors (Lipinski definition) is 4. The quantitative estimate of drug-likeness (QED) is 0.617. The Bertz CT molecular complexity index is 1100. The first-order chi connectivity index (χ1) is 11.2. The molecule has 0 amide bonds. The molecule has 23 heavy (non-hydrogen) atoms. The molecule has 2 aromatic carbocycles. The molecule has 0 spiro atoms. The fourth-order valence-corrected chi connectivity index (χ4v) is 3.28. The van der Waals surface area contributed by atoms with Gasteiger partial charge in [-0.25, -0.2) is 4.98 Å². The Kier molecular flexibility index (Phi) is 3.17. The highest BCUT2D eigenvalue weighted by Crippen LogP contribution is 2.19. The maximum absolute atomic E-state index is 12.3. The minimum atomic E-state index is -0.300. The lowest BCUT2D eigenvalue weighted by Crippen LogP contribution is -2.13. The zero-order valence-corrected chi connectivity index (χ0v) is 12.7. The second-order valence-electron chi connectivity index (χ2n) is 4.97. The molecule has 112 valence electrons. The van der Waals surface area contributed by atoms with E-state index in [1.54, 1.807) is 0 Å². The maximum Gasteiger partial charge on any atom is 0.314 e. The molecule has 6 heteroatoms. The third kappa shape index (κ3) is 2.29. The molecule has 4 rings (SSSR count). The Morgan fingerprint density at radius 3 is 2.26 bits per heavy atom. The van der Waals surface area contributed by atoms with Crippen LogP contribution in [0.2, 0.25) is 0 Å². The van der Waals surface area contributed by atoms with Crippen molar-refractivity contribution in [1.29, 1.82) is 0 Å². The molecular weight excluding hydrogens is 310 g/mol. The van der Waals surface area contributed by atoms with Gasteiger partial charge < -0.3 is 4.98 Å². The highest BCUT2D eigenvalue weighted by Gasteiger charge is 2.15. The van der Waals surface area contributed by atoms with Crippen LogP contribution in [0.3, 0.4) is 0 Å². The maximum atomic E-state index is 12.3. The molecule has 0 aliphatic heterocycles. The van der Waals surface area contributed by atoms with Gasteiger partial charge in [-0.3, -0.25) is 14.2 Å². The summed E-state index contributed by atoms with van der Waals surface area (Å²) < 4.78 is 1.81. The number of nitrogens with zero attached hydrogens (tertiary/aromatic N) is 2. The summed E-state index contributed by atoms with van der Waals surface area (Å²) in [5.74, 6) is 0.450. The number of aromatic nitrogens is 3. The van der Waals surface area contributed by atoms with Gasteiger partial charge in [-0.05, 0) is 12.1 Å². The number of H-pyrrole nitrogens is 1. The first-order valence-corrected chi connectivity index (χ1v) is 7.82. The molecule has 5 nitrogen and oxygen atoms in total. The SMILES string of the molecule is O=c1[nH]c(-c2ccccc2)nc2c1sc(=O)n2-c1ccccc1. The van der Waals surface area contributed by atoms with Gasteiger partial charge in [-0.2, -0.15) is 0 Å². The van der Waals surface area contributed by atoms with Crippen LogP contribution < -0.4 is 10.4 Å². The number of nitrogens with one attached hydrogen (secondary N) is 1. The van der Waals surface area contributed by atoms with E-state index in [0.29, 0.717) is 21.9 Å². The molecule has 0 aliphatic carbocycles. The first-order valence-electron chi connectivity index (χ1n) is 7.01. The molecule has 4 aromatic rings. The van der Waals surface area contributed by atoms with Gasteiger partial charge in [-0.1, -0.05) is 59.9 Å². The third-order valence-corrected chi connectivity index (χ3v) is 4.43. The van der Waals surface area contributed by atoms with E-state index in [-0.39, 0.29) is 10.4 Å². The fraction of sp³-hybridized carbons (Fsp3) is 0. The van der Waals surface area contributed by atoms with Gasteiger partial charge in [0.1, 0.15) is 10.5 Å². The van der Waals surface area contributed by atoms with Gasteiger partial charge in [0.15, 0.2) is 5.65 Å². The van der Waals surface area contributed by atoms with Crippen molar-refractivity contribution < 1.29 is 0 Å². The van der Waals surface area contributed by atoms with Crippen LogP contribution >= 0.6 is 11.3 Å². The monoisotopic (exact) mass is 321 g/mol. The molecule has 0 atom stereocenters. The molecule has 1 N–H and O–H groups in total. The van der Waals surface area contributed by atoms with Gasteiger partial charge in [-0.15, -0.1) is 0 Å². The Hall–Kier alpha value is -2.99. The Morgan fingerprint density at radius 2 is 1.57 bits per heavy atom. The second-order valence-corrected chi connectivity index (χ2v) is 5.93. The number of para-hydroxylation sites is 1. The van der Waals surface area contributed by atoms with Crippen LogP contribution in [0.4, 0.5) is 0 Å². The number of fused-ring (bicyclic) bond motifs is 1. The molecule has 0 saturated carbocycles. The summed E-state index contributed by atoms with van der Waals surface area (Å²) >= 11 is 0.905. The summed E-state index contributed by atoms with van der Waals surface area (Å²) in [5, 5.41) is 0. The van der Waals surface area contributed by atoms with E-state index in [2.05, 4.69) is 9.97 Å². The molecule has 0 unspecified atom stereocenters. The van der Waals surface area contributed by atoms with Crippen LogP contribution in [0.15, 0.2) is 70.3 Å². The van der Waals surface area contributed by atoms with Crippen molar-refractivity contribution in [3.8, 4) is 17.1 Å².